The van der Waals surface area contributed by atoms with E-state index in [4.69, 9.17) is 5.21 Å². The molecular weight excluding hydrogens is 387 g/mol. The van der Waals surface area contributed by atoms with Crippen LogP contribution in [0.1, 0.15) is 59.7 Å². The summed E-state index contributed by atoms with van der Waals surface area (Å²) in [4.78, 5) is 25.1. The number of hydroxylamine groups is 1. The molecule has 6 nitrogen and oxygen atoms in total. The van der Waals surface area contributed by atoms with Crippen molar-refractivity contribution in [2.75, 3.05) is 13.6 Å². The van der Waals surface area contributed by atoms with Crippen molar-refractivity contribution in [1.82, 2.24) is 10.4 Å². The average Bonchev–Trinajstić information content (AvgIpc) is 2.76. The SMILES string of the molecule is CN(CCCCCCC(=O)NO)C(=O)c1ccc(CC(O)c2ccc(F)cc2)cc1. The van der Waals surface area contributed by atoms with Gasteiger partial charge in [-0.25, -0.2) is 9.87 Å². The zero-order valence-corrected chi connectivity index (χ0v) is 17.2. The summed E-state index contributed by atoms with van der Waals surface area (Å²) < 4.78 is 13.0. The summed E-state index contributed by atoms with van der Waals surface area (Å²) in [6.07, 6.45) is 3.24. The second kappa shape index (κ2) is 12.0. The Hall–Kier alpha value is -2.77. The molecule has 30 heavy (non-hydrogen) atoms. The molecule has 0 aromatic heterocycles. The number of rotatable bonds is 11. The molecule has 3 N–H and O–H groups in total. The standard InChI is InChI=1S/C23H29FN2O4/c1-26(15-5-3-2-4-6-22(28)25-30)23(29)19-9-7-17(8-10-19)16-21(27)18-11-13-20(24)14-12-18/h7-14,21,27,30H,2-6,15-16H2,1H3,(H,25,28). The smallest absolute Gasteiger partial charge is 0.253 e. The van der Waals surface area contributed by atoms with Crippen LogP contribution in [0.3, 0.4) is 0 Å². The second-order valence-corrected chi connectivity index (χ2v) is 7.39. The van der Waals surface area contributed by atoms with Crippen LogP contribution in [-0.2, 0) is 11.2 Å². The topological polar surface area (TPSA) is 89.9 Å². The molecule has 0 saturated carbocycles. The van der Waals surface area contributed by atoms with Crippen LogP contribution in [0.2, 0.25) is 0 Å². The van der Waals surface area contributed by atoms with E-state index >= 15 is 0 Å². The summed E-state index contributed by atoms with van der Waals surface area (Å²) >= 11 is 0. The minimum atomic E-state index is -0.738. The number of carbonyl (C=O) groups is 2. The number of hydrogen-bond acceptors (Lipinski definition) is 4. The molecule has 0 aliphatic heterocycles. The highest BCUT2D eigenvalue weighted by atomic mass is 19.1. The summed E-state index contributed by atoms with van der Waals surface area (Å²) in [5.74, 6) is -0.789. The predicted molar refractivity (Wildman–Crippen MR) is 111 cm³/mol. The van der Waals surface area contributed by atoms with Gasteiger partial charge >= 0.3 is 0 Å². The minimum absolute atomic E-state index is 0.0692. The van der Waals surface area contributed by atoms with Crippen LogP contribution in [0.4, 0.5) is 4.39 Å². The summed E-state index contributed by atoms with van der Waals surface area (Å²) in [5.41, 5.74) is 3.73. The van der Waals surface area contributed by atoms with Gasteiger partial charge in [-0.15, -0.1) is 0 Å². The number of unbranched alkanes of at least 4 members (excludes halogenated alkanes) is 3. The number of aliphatic hydroxyl groups excluding tert-OH is 1. The lowest BCUT2D eigenvalue weighted by Gasteiger charge is -2.17. The number of aliphatic hydroxyl groups is 1. The zero-order chi connectivity index (χ0) is 21.9. The van der Waals surface area contributed by atoms with Crippen molar-refractivity contribution in [3.8, 4) is 0 Å². The Bertz CT molecular complexity index is 809. The van der Waals surface area contributed by atoms with Crippen LogP contribution in [0.25, 0.3) is 0 Å². The maximum Gasteiger partial charge on any atom is 0.253 e. The van der Waals surface area contributed by atoms with Gasteiger partial charge in [-0.05, 0) is 48.2 Å². The average molecular weight is 416 g/mol. The molecule has 1 unspecified atom stereocenters. The van der Waals surface area contributed by atoms with E-state index < -0.39 is 6.10 Å². The summed E-state index contributed by atoms with van der Waals surface area (Å²) in [6, 6.07) is 12.9. The Labute approximate surface area is 176 Å². The molecule has 2 aromatic carbocycles. The highest BCUT2D eigenvalue weighted by Gasteiger charge is 2.13. The predicted octanol–water partition coefficient (Wildman–Crippen LogP) is 3.63. The fourth-order valence-corrected chi connectivity index (χ4v) is 3.18. The molecule has 1 atom stereocenters. The van der Waals surface area contributed by atoms with Gasteiger partial charge in [0.25, 0.3) is 5.91 Å². The molecule has 0 aliphatic carbocycles. The molecule has 0 spiro atoms. The van der Waals surface area contributed by atoms with Gasteiger partial charge in [0.2, 0.25) is 5.91 Å². The Morgan fingerprint density at radius 2 is 1.63 bits per heavy atom. The van der Waals surface area contributed by atoms with Crippen LogP contribution >= 0.6 is 0 Å². The fraction of sp³-hybridized carbons (Fsp3) is 0.391. The van der Waals surface area contributed by atoms with Crippen molar-refractivity contribution < 1.29 is 24.3 Å². The van der Waals surface area contributed by atoms with Gasteiger partial charge in [0.05, 0.1) is 6.10 Å². The Morgan fingerprint density at radius 1 is 1.00 bits per heavy atom. The number of nitrogens with zero attached hydrogens (tertiary/aromatic N) is 1. The number of hydrogen-bond donors (Lipinski definition) is 3. The number of amides is 2. The van der Waals surface area contributed by atoms with Crippen LogP contribution in [0.15, 0.2) is 48.5 Å². The minimum Gasteiger partial charge on any atom is -0.388 e. The van der Waals surface area contributed by atoms with Crippen LogP contribution < -0.4 is 5.48 Å². The first-order valence-corrected chi connectivity index (χ1v) is 10.1. The van der Waals surface area contributed by atoms with Crippen LogP contribution in [0, 0.1) is 5.82 Å². The Balaban J connectivity index is 1.77. The molecule has 0 aliphatic rings. The normalized spacial score (nSPS) is 11.7. The molecule has 0 radical (unpaired) electrons. The summed E-state index contributed by atoms with van der Waals surface area (Å²) in [6.45, 7) is 0.621. The van der Waals surface area contributed by atoms with Gasteiger partial charge in [0.1, 0.15) is 5.82 Å². The second-order valence-electron chi connectivity index (χ2n) is 7.39. The van der Waals surface area contributed by atoms with Gasteiger partial charge in [-0.2, -0.15) is 0 Å². The van der Waals surface area contributed by atoms with E-state index in [0.717, 1.165) is 24.8 Å². The van der Waals surface area contributed by atoms with Gasteiger partial charge in [-0.1, -0.05) is 37.1 Å². The van der Waals surface area contributed by atoms with Crippen LogP contribution in [0.5, 0.6) is 0 Å². The monoisotopic (exact) mass is 416 g/mol. The van der Waals surface area contributed by atoms with Gasteiger partial charge < -0.3 is 10.0 Å². The maximum atomic E-state index is 13.0. The lowest BCUT2D eigenvalue weighted by Crippen LogP contribution is -2.27. The Morgan fingerprint density at radius 3 is 2.27 bits per heavy atom. The third-order valence-electron chi connectivity index (χ3n) is 5.00. The third-order valence-corrected chi connectivity index (χ3v) is 5.00. The molecule has 2 amide bonds. The largest absolute Gasteiger partial charge is 0.388 e. The lowest BCUT2D eigenvalue weighted by atomic mass is 10.0. The molecule has 0 bridgehead atoms. The van der Waals surface area contributed by atoms with Gasteiger partial charge in [0.15, 0.2) is 0 Å². The maximum absolute atomic E-state index is 13.0. The molecule has 7 heteroatoms. The van der Waals surface area contributed by atoms with Gasteiger partial charge in [-0.3, -0.25) is 14.8 Å². The van der Waals surface area contributed by atoms with Gasteiger partial charge in [0, 0.05) is 32.0 Å². The quantitative estimate of drug-likeness (QED) is 0.296. The lowest BCUT2D eigenvalue weighted by molar-refractivity contribution is -0.129. The molecular formula is C23H29FN2O4. The molecule has 2 rings (SSSR count). The van der Waals surface area contributed by atoms with E-state index in [0.29, 0.717) is 36.9 Å². The molecule has 0 saturated heterocycles. The van der Waals surface area contributed by atoms with E-state index in [1.165, 1.54) is 12.1 Å². The van der Waals surface area contributed by atoms with Crippen molar-refractivity contribution in [1.29, 1.82) is 0 Å². The molecule has 162 valence electrons. The van der Waals surface area contributed by atoms with Crippen molar-refractivity contribution in [3.05, 3.63) is 71.0 Å². The van der Waals surface area contributed by atoms with E-state index in [-0.39, 0.29) is 17.6 Å². The van der Waals surface area contributed by atoms with Crippen molar-refractivity contribution >= 4 is 11.8 Å². The van der Waals surface area contributed by atoms with E-state index in [1.54, 1.807) is 41.7 Å². The zero-order valence-electron chi connectivity index (χ0n) is 17.2. The first-order valence-electron chi connectivity index (χ1n) is 10.1. The Kier molecular flexibility index (Phi) is 9.44. The number of nitrogens with one attached hydrogen (secondary N) is 1. The molecule has 0 heterocycles. The molecule has 2 aromatic rings. The summed E-state index contributed by atoms with van der Waals surface area (Å²) in [5, 5.41) is 18.7. The van der Waals surface area contributed by atoms with Crippen molar-refractivity contribution in [2.45, 2.75) is 44.6 Å². The van der Waals surface area contributed by atoms with E-state index in [1.807, 2.05) is 12.1 Å². The van der Waals surface area contributed by atoms with Crippen molar-refractivity contribution in [2.24, 2.45) is 0 Å². The van der Waals surface area contributed by atoms with Crippen molar-refractivity contribution in [3.63, 3.8) is 0 Å². The van der Waals surface area contributed by atoms with E-state index in [2.05, 4.69) is 0 Å². The first-order chi connectivity index (χ1) is 14.4. The highest BCUT2D eigenvalue weighted by Crippen LogP contribution is 2.19. The number of halogens is 1. The number of carbonyl (C=O) groups excluding carboxylic acids is 2. The first kappa shape index (κ1) is 23.5. The third kappa shape index (κ3) is 7.57. The molecule has 0 fully saturated rings. The summed E-state index contributed by atoms with van der Waals surface area (Å²) in [7, 11) is 1.76. The highest BCUT2D eigenvalue weighted by molar-refractivity contribution is 5.94. The number of benzene rings is 2. The van der Waals surface area contributed by atoms with Crippen LogP contribution in [-0.4, -0.2) is 40.6 Å². The fourth-order valence-electron chi connectivity index (χ4n) is 3.18. The van der Waals surface area contributed by atoms with E-state index in [9.17, 15) is 19.1 Å².